The van der Waals surface area contributed by atoms with Crippen LogP contribution >= 0.6 is 23.5 Å². The zero-order valence-corrected chi connectivity index (χ0v) is 17.1. The Hall–Kier alpha value is -0.990. The van der Waals surface area contributed by atoms with Gasteiger partial charge in [-0.05, 0) is 6.92 Å². The van der Waals surface area contributed by atoms with Crippen molar-refractivity contribution in [2.24, 2.45) is 0 Å². The van der Waals surface area contributed by atoms with E-state index in [1.807, 2.05) is 4.98 Å². The van der Waals surface area contributed by atoms with Crippen LogP contribution in [0.1, 0.15) is 18.2 Å². The lowest BCUT2D eigenvalue weighted by Crippen LogP contribution is -2.33. The molecule has 0 saturated carbocycles. The molecule has 5 N–H and O–H groups in total. The molecule has 16 nitrogen and oxygen atoms in total. The monoisotopic (exact) mass is 481 g/mol. The molecule has 0 bridgehead atoms. The second-order valence-electron chi connectivity index (χ2n) is 5.78. The molecule has 29 heavy (non-hydrogen) atoms. The van der Waals surface area contributed by atoms with E-state index in [1.165, 1.54) is 13.1 Å². The van der Waals surface area contributed by atoms with E-state index in [4.69, 9.17) is 14.5 Å². The van der Waals surface area contributed by atoms with Gasteiger partial charge < -0.3 is 29.4 Å². The minimum absolute atomic E-state index is 0.175. The van der Waals surface area contributed by atoms with Crippen LogP contribution in [0.5, 0.6) is 0 Å². The summed E-state index contributed by atoms with van der Waals surface area (Å²) in [5.74, 6) is 0. The number of aromatic amines is 1. The number of nitrogens with one attached hydrogen (secondary N) is 1. The van der Waals surface area contributed by atoms with Crippen LogP contribution in [0, 0.1) is 6.92 Å². The first-order valence-electron chi connectivity index (χ1n) is 7.51. The number of aromatic nitrogens is 2. The summed E-state index contributed by atoms with van der Waals surface area (Å²) in [5, 5.41) is 9.97. The predicted molar refractivity (Wildman–Crippen MR) is 88.2 cm³/mol. The lowest BCUT2D eigenvalue weighted by molar-refractivity contribution is -0.212. The highest BCUT2D eigenvalue weighted by atomic mass is 31.3. The SMILES string of the molecule is Cc1cn([C@@H]2C[C@@H](O)[C@H](COP(=O)(O)OP(=O)(O)OP(=O)([O-])O)O2)c(=O)[nH]c1=O. The lowest BCUT2D eigenvalue weighted by atomic mass is 10.2. The standard InChI is InChI=1S/C10H17N2O14P3/c1-5-3-12(10(15)11-9(5)14)8-2-6(13)7(24-8)4-23-28(19,20)26-29(21,22)25-27(16,17)18/h3,6-8,13H,2,4H2,1H3,(H,19,20)(H,21,22)(H,11,14,15)(H2,16,17,18)/p-1/t6-,7+,8+/m1/s1. The highest BCUT2D eigenvalue weighted by molar-refractivity contribution is 7.66. The number of aliphatic hydroxyl groups is 1. The van der Waals surface area contributed by atoms with Gasteiger partial charge in [-0.25, -0.2) is 18.2 Å². The Kier molecular flexibility index (Phi) is 7.23. The van der Waals surface area contributed by atoms with E-state index in [1.54, 1.807) is 0 Å². The Bertz CT molecular complexity index is 1010. The van der Waals surface area contributed by atoms with Crippen LogP contribution in [0.3, 0.4) is 0 Å². The molecule has 0 spiro atoms. The van der Waals surface area contributed by atoms with Crippen molar-refractivity contribution in [2.45, 2.75) is 31.8 Å². The van der Waals surface area contributed by atoms with E-state index in [0.717, 1.165) is 4.57 Å². The van der Waals surface area contributed by atoms with Gasteiger partial charge in [0.15, 0.2) is 0 Å². The quantitative estimate of drug-likeness (QED) is 0.257. The molecule has 6 atom stereocenters. The van der Waals surface area contributed by atoms with Gasteiger partial charge in [-0.1, -0.05) is 0 Å². The number of ether oxygens (including phenoxy) is 1. The van der Waals surface area contributed by atoms with Crippen LogP contribution < -0.4 is 16.1 Å². The minimum Gasteiger partial charge on any atom is -0.756 e. The van der Waals surface area contributed by atoms with Crippen LogP contribution in [0.25, 0.3) is 0 Å². The summed E-state index contributed by atoms with van der Waals surface area (Å²) in [6.45, 7) is 0.527. The van der Waals surface area contributed by atoms with Crippen LogP contribution in [-0.2, 0) is 31.6 Å². The van der Waals surface area contributed by atoms with Crippen molar-refractivity contribution in [3.05, 3.63) is 32.6 Å². The number of nitrogens with zero attached hydrogens (tertiary/aromatic N) is 1. The number of rotatable bonds is 8. The number of H-pyrrole nitrogens is 1. The summed E-state index contributed by atoms with van der Waals surface area (Å²) in [5.41, 5.74) is -1.28. The fourth-order valence-corrected chi connectivity index (χ4v) is 5.30. The van der Waals surface area contributed by atoms with Crippen molar-refractivity contribution in [2.75, 3.05) is 6.61 Å². The summed E-state index contributed by atoms with van der Waals surface area (Å²) < 4.78 is 50.9. The molecule has 0 aliphatic carbocycles. The number of aliphatic hydroxyl groups excluding tert-OH is 1. The highest BCUT2D eigenvalue weighted by Crippen LogP contribution is 2.65. The average Bonchev–Trinajstić information content (AvgIpc) is 2.86. The summed E-state index contributed by atoms with van der Waals surface area (Å²) in [4.78, 5) is 62.4. The Labute approximate surface area is 161 Å². The van der Waals surface area contributed by atoms with Crippen LogP contribution in [0.4, 0.5) is 0 Å². The van der Waals surface area contributed by atoms with Crippen molar-refractivity contribution in [1.29, 1.82) is 0 Å². The molecule has 2 heterocycles. The molecule has 19 heteroatoms. The van der Waals surface area contributed by atoms with Crippen molar-refractivity contribution in [1.82, 2.24) is 9.55 Å². The first-order chi connectivity index (χ1) is 13.1. The molecule has 1 aliphatic rings. The fourth-order valence-electron chi connectivity index (χ4n) is 2.30. The molecule has 166 valence electrons. The zero-order chi connectivity index (χ0) is 22.2. The molecular formula is C10H16N2O14P3-. The van der Waals surface area contributed by atoms with Gasteiger partial charge in [0.25, 0.3) is 13.4 Å². The Balaban J connectivity index is 2.03. The minimum atomic E-state index is -5.78. The first-order valence-corrected chi connectivity index (χ1v) is 12.0. The molecule has 0 radical (unpaired) electrons. The molecule has 2 rings (SSSR count). The van der Waals surface area contributed by atoms with Gasteiger partial charge >= 0.3 is 21.3 Å². The van der Waals surface area contributed by atoms with Gasteiger partial charge in [0.2, 0.25) is 0 Å². The van der Waals surface area contributed by atoms with Crippen molar-refractivity contribution >= 4 is 23.5 Å². The van der Waals surface area contributed by atoms with Gasteiger partial charge in [0.1, 0.15) is 12.3 Å². The second-order valence-corrected chi connectivity index (χ2v) is 10.2. The topological polar surface area (TPSA) is 247 Å². The molecule has 3 unspecified atom stereocenters. The van der Waals surface area contributed by atoms with E-state index in [2.05, 4.69) is 13.1 Å². The number of aryl methyl sites for hydroxylation is 1. The normalized spacial score (nSPS) is 28.4. The van der Waals surface area contributed by atoms with Crippen molar-refractivity contribution < 1.29 is 56.3 Å². The highest BCUT2D eigenvalue weighted by Gasteiger charge is 2.41. The number of hydrogen-bond acceptors (Lipinski definition) is 11. The summed E-state index contributed by atoms with van der Waals surface area (Å²) in [6, 6.07) is 0. The largest absolute Gasteiger partial charge is 0.756 e. The maximum atomic E-state index is 11.8. The molecule has 1 aliphatic heterocycles. The van der Waals surface area contributed by atoms with Crippen LogP contribution in [-0.4, -0.2) is 48.2 Å². The zero-order valence-electron chi connectivity index (χ0n) is 14.4. The smallest absolute Gasteiger partial charge is 0.487 e. The van der Waals surface area contributed by atoms with E-state index in [0.29, 0.717) is 0 Å². The van der Waals surface area contributed by atoms with Crippen molar-refractivity contribution in [3.8, 4) is 0 Å². The molecule has 0 amide bonds. The van der Waals surface area contributed by atoms with E-state index in [-0.39, 0.29) is 12.0 Å². The third-order valence-electron chi connectivity index (χ3n) is 3.47. The molecule has 1 aromatic heterocycles. The maximum absolute atomic E-state index is 11.8. The summed E-state index contributed by atoms with van der Waals surface area (Å²) >= 11 is 0. The molecule has 1 aromatic rings. The third-order valence-corrected chi connectivity index (χ3v) is 7.25. The van der Waals surface area contributed by atoms with E-state index >= 15 is 0 Å². The predicted octanol–water partition coefficient (Wildman–Crippen LogP) is -1.80. The van der Waals surface area contributed by atoms with Crippen LogP contribution in [0.2, 0.25) is 0 Å². The number of hydrogen-bond donors (Lipinski definition) is 5. The molecule has 1 saturated heterocycles. The molecular weight excluding hydrogens is 465 g/mol. The first kappa shape index (κ1) is 24.3. The summed E-state index contributed by atoms with van der Waals surface area (Å²) in [7, 11) is -16.9. The lowest BCUT2D eigenvalue weighted by Gasteiger charge is -2.21. The molecule has 1 fully saturated rings. The number of phosphoric acid groups is 3. The van der Waals surface area contributed by atoms with Gasteiger partial charge in [-0.2, -0.15) is 4.31 Å². The Morgan fingerprint density at radius 2 is 1.86 bits per heavy atom. The second kappa shape index (κ2) is 8.63. The van der Waals surface area contributed by atoms with E-state index in [9.17, 15) is 38.2 Å². The maximum Gasteiger partial charge on any atom is 0.487 e. The van der Waals surface area contributed by atoms with Crippen LogP contribution in [0.15, 0.2) is 15.8 Å². The van der Waals surface area contributed by atoms with Gasteiger partial charge in [0.05, 0.1) is 12.7 Å². The Morgan fingerprint density at radius 3 is 2.45 bits per heavy atom. The van der Waals surface area contributed by atoms with E-state index < -0.39 is 59.8 Å². The van der Waals surface area contributed by atoms with Gasteiger partial charge in [0, 0.05) is 18.2 Å². The molecule has 0 aromatic carbocycles. The van der Waals surface area contributed by atoms with Gasteiger partial charge in [-0.15, -0.1) is 0 Å². The third kappa shape index (κ3) is 7.03. The van der Waals surface area contributed by atoms with Crippen molar-refractivity contribution in [3.63, 3.8) is 0 Å². The fraction of sp³-hybridized carbons (Fsp3) is 0.600. The Morgan fingerprint density at radius 1 is 1.24 bits per heavy atom. The van der Waals surface area contributed by atoms with Gasteiger partial charge in [-0.3, -0.25) is 23.4 Å². The number of phosphoric ester groups is 1. The summed E-state index contributed by atoms with van der Waals surface area (Å²) in [6.07, 6.45) is -2.71. The average molecular weight is 481 g/mol.